The van der Waals surface area contributed by atoms with Gasteiger partial charge in [0.1, 0.15) is 5.01 Å². The Labute approximate surface area is 220 Å². The second-order valence-corrected chi connectivity index (χ2v) is 12.7. The zero-order valence-electron chi connectivity index (χ0n) is 19.3. The zero-order chi connectivity index (χ0) is 25.9. The first-order valence-electron chi connectivity index (χ1n) is 11.8. The van der Waals surface area contributed by atoms with E-state index in [2.05, 4.69) is 16.0 Å². The molecule has 6 nitrogen and oxygen atoms in total. The lowest BCUT2D eigenvalue weighted by Gasteiger charge is -2.38. The van der Waals surface area contributed by atoms with Crippen LogP contribution in [-0.2, 0) is 10.0 Å². The summed E-state index contributed by atoms with van der Waals surface area (Å²) in [5.74, 6) is -0.125. The number of halogens is 4. The average molecular weight is 567 g/mol. The molecule has 4 heterocycles. The zero-order valence-corrected chi connectivity index (χ0v) is 21.7. The Kier molecular flexibility index (Phi) is 6.09. The van der Waals surface area contributed by atoms with Crippen molar-refractivity contribution in [2.45, 2.75) is 55.2 Å². The fraction of sp³-hybridized carbons (Fsp3) is 0.360. The maximum absolute atomic E-state index is 13.3. The third-order valence-electron chi connectivity index (χ3n) is 7.44. The van der Waals surface area contributed by atoms with Crippen molar-refractivity contribution in [2.24, 2.45) is 0 Å². The van der Waals surface area contributed by atoms with Crippen molar-refractivity contribution in [3.63, 3.8) is 0 Å². The molecule has 2 aliphatic rings. The predicted molar refractivity (Wildman–Crippen MR) is 136 cm³/mol. The standard InChI is InChI=1S/C25H22ClF3N4O2S2/c26-17-4-1-15(2-5-17)23(24-30-9-10-36-24)16-3-8-21-22(11-16)32(14-31-21)20-12-18-6-7-19(13-20)33(18)37(34,35)25(27,28)29/h1-5,8-11,14,18-20,23H,6-7,12-13H2. The lowest BCUT2D eigenvalue weighted by atomic mass is 9.91. The molecule has 2 aliphatic heterocycles. The van der Waals surface area contributed by atoms with Crippen molar-refractivity contribution in [2.75, 3.05) is 0 Å². The van der Waals surface area contributed by atoms with Crippen molar-refractivity contribution in [3.8, 4) is 0 Å². The van der Waals surface area contributed by atoms with Crippen LogP contribution in [0, 0.1) is 0 Å². The number of alkyl halides is 3. The quantitative estimate of drug-likeness (QED) is 0.282. The Hall–Kier alpha value is -2.47. The summed E-state index contributed by atoms with van der Waals surface area (Å²) in [6.07, 6.45) is 4.97. The molecule has 2 aromatic carbocycles. The molecule has 37 heavy (non-hydrogen) atoms. The van der Waals surface area contributed by atoms with Gasteiger partial charge >= 0.3 is 15.5 Å². The van der Waals surface area contributed by atoms with Crippen molar-refractivity contribution in [1.82, 2.24) is 18.8 Å². The highest BCUT2D eigenvalue weighted by molar-refractivity contribution is 7.90. The van der Waals surface area contributed by atoms with Gasteiger partial charge in [-0.1, -0.05) is 29.8 Å². The number of thiazole rings is 1. The number of nitrogens with zero attached hydrogens (tertiary/aromatic N) is 4. The smallest absolute Gasteiger partial charge is 0.327 e. The van der Waals surface area contributed by atoms with Crippen LogP contribution in [0.5, 0.6) is 0 Å². The van der Waals surface area contributed by atoms with Crippen molar-refractivity contribution in [1.29, 1.82) is 0 Å². The van der Waals surface area contributed by atoms with E-state index in [4.69, 9.17) is 11.6 Å². The fourth-order valence-corrected chi connectivity index (χ4v) is 8.19. The Bertz CT molecular complexity index is 1520. The lowest BCUT2D eigenvalue weighted by Crippen LogP contribution is -2.51. The van der Waals surface area contributed by atoms with E-state index in [1.807, 2.05) is 46.3 Å². The molecule has 2 saturated heterocycles. The van der Waals surface area contributed by atoms with Gasteiger partial charge in [-0.15, -0.1) is 11.3 Å². The summed E-state index contributed by atoms with van der Waals surface area (Å²) in [5, 5.41) is 3.50. The number of hydrogen-bond donors (Lipinski definition) is 0. The summed E-state index contributed by atoms with van der Waals surface area (Å²) in [6.45, 7) is 0. The van der Waals surface area contributed by atoms with Gasteiger partial charge in [-0.05, 0) is 61.1 Å². The van der Waals surface area contributed by atoms with E-state index in [-0.39, 0.29) is 12.0 Å². The van der Waals surface area contributed by atoms with Crippen LogP contribution >= 0.6 is 22.9 Å². The highest BCUT2D eigenvalue weighted by atomic mass is 35.5. The Morgan fingerprint density at radius 1 is 0.973 bits per heavy atom. The van der Waals surface area contributed by atoms with E-state index in [1.165, 1.54) is 0 Å². The number of rotatable bonds is 5. The largest absolute Gasteiger partial charge is 0.511 e. The molecular weight excluding hydrogens is 545 g/mol. The number of hydrogen-bond acceptors (Lipinski definition) is 5. The van der Waals surface area contributed by atoms with E-state index in [0.29, 0.717) is 35.0 Å². The van der Waals surface area contributed by atoms with Crippen LogP contribution in [0.3, 0.4) is 0 Å². The number of aromatic nitrogens is 3. The second-order valence-electron chi connectivity index (χ2n) is 9.55. The number of sulfonamides is 1. The molecular formula is C25H22ClF3N4O2S2. The topological polar surface area (TPSA) is 68.1 Å². The number of piperidine rings is 1. The van der Waals surface area contributed by atoms with Crippen LogP contribution in [0.4, 0.5) is 13.2 Å². The van der Waals surface area contributed by atoms with Crippen LogP contribution < -0.4 is 0 Å². The molecule has 194 valence electrons. The molecule has 0 amide bonds. The van der Waals surface area contributed by atoms with Gasteiger partial charge in [0.25, 0.3) is 0 Å². The van der Waals surface area contributed by atoms with Gasteiger partial charge in [0.05, 0.1) is 23.3 Å². The molecule has 3 atom stereocenters. The number of imidazole rings is 1. The number of fused-ring (bicyclic) bond motifs is 3. The third-order valence-corrected chi connectivity index (χ3v) is 10.3. The maximum atomic E-state index is 13.3. The second kappa shape index (κ2) is 9.07. The van der Waals surface area contributed by atoms with Gasteiger partial charge in [-0.25, -0.2) is 18.4 Å². The molecule has 0 aliphatic carbocycles. The highest BCUT2D eigenvalue weighted by Gasteiger charge is 2.57. The summed E-state index contributed by atoms with van der Waals surface area (Å²) >= 11 is 7.68. The minimum absolute atomic E-state index is 0.125. The van der Waals surface area contributed by atoms with Gasteiger partial charge in [0.2, 0.25) is 0 Å². The van der Waals surface area contributed by atoms with Crippen molar-refractivity contribution >= 4 is 44.0 Å². The average Bonchev–Trinajstić information content (AvgIpc) is 3.58. The minimum atomic E-state index is -5.35. The van der Waals surface area contributed by atoms with Crippen LogP contribution in [-0.4, -0.2) is 44.9 Å². The van der Waals surface area contributed by atoms with E-state index in [0.717, 1.165) is 27.2 Å². The van der Waals surface area contributed by atoms with Gasteiger partial charge in [0, 0.05) is 34.7 Å². The maximum Gasteiger partial charge on any atom is 0.511 e. The van der Waals surface area contributed by atoms with Crippen LogP contribution in [0.2, 0.25) is 5.02 Å². The van der Waals surface area contributed by atoms with Crippen molar-refractivity contribution in [3.05, 3.63) is 81.5 Å². The minimum Gasteiger partial charge on any atom is -0.327 e. The molecule has 2 bridgehead atoms. The molecule has 3 unspecified atom stereocenters. The summed E-state index contributed by atoms with van der Waals surface area (Å²) in [7, 11) is -5.35. The van der Waals surface area contributed by atoms with Gasteiger partial charge in [0.15, 0.2) is 0 Å². The summed E-state index contributed by atoms with van der Waals surface area (Å²) < 4.78 is 67.1. The molecule has 0 spiro atoms. The van der Waals surface area contributed by atoms with E-state index in [1.54, 1.807) is 23.9 Å². The fourth-order valence-electron chi connectivity index (χ4n) is 5.87. The molecule has 2 aromatic heterocycles. The lowest BCUT2D eigenvalue weighted by molar-refractivity contribution is -0.0517. The van der Waals surface area contributed by atoms with Crippen LogP contribution in [0.15, 0.2) is 60.4 Å². The Morgan fingerprint density at radius 2 is 1.65 bits per heavy atom. The van der Waals surface area contributed by atoms with E-state index < -0.39 is 27.6 Å². The Balaban J connectivity index is 1.36. The van der Waals surface area contributed by atoms with Crippen molar-refractivity contribution < 1.29 is 21.6 Å². The van der Waals surface area contributed by atoms with E-state index >= 15 is 0 Å². The summed E-state index contributed by atoms with van der Waals surface area (Å²) in [4.78, 5) is 9.10. The van der Waals surface area contributed by atoms with E-state index in [9.17, 15) is 21.6 Å². The van der Waals surface area contributed by atoms with Crippen LogP contribution in [0.25, 0.3) is 11.0 Å². The predicted octanol–water partition coefficient (Wildman–Crippen LogP) is 6.34. The molecule has 2 fully saturated rings. The summed E-state index contributed by atoms with van der Waals surface area (Å²) in [5.41, 5.74) is -1.61. The van der Waals surface area contributed by atoms with Gasteiger partial charge in [-0.3, -0.25) is 0 Å². The summed E-state index contributed by atoms with van der Waals surface area (Å²) in [6, 6.07) is 12.2. The SMILES string of the molecule is O=S(=O)(N1C2CCC1CC(n1cnc3ccc(C(c4ccc(Cl)cc4)c4nccs4)cc31)C2)C(F)(F)F. The van der Waals surface area contributed by atoms with Crippen LogP contribution in [0.1, 0.15) is 53.8 Å². The third kappa shape index (κ3) is 4.25. The monoisotopic (exact) mass is 566 g/mol. The first-order chi connectivity index (χ1) is 17.6. The Morgan fingerprint density at radius 3 is 2.27 bits per heavy atom. The highest BCUT2D eigenvalue weighted by Crippen LogP contribution is 2.46. The molecule has 0 N–H and O–H groups in total. The van der Waals surface area contributed by atoms with Gasteiger partial charge in [-0.2, -0.15) is 17.5 Å². The molecule has 0 saturated carbocycles. The van der Waals surface area contributed by atoms with Gasteiger partial charge < -0.3 is 4.57 Å². The molecule has 12 heteroatoms. The molecule has 6 rings (SSSR count). The molecule has 4 aromatic rings. The first kappa shape index (κ1) is 24.8. The molecule has 0 radical (unpaired) electrons. The first-order valence-corrected chi connectivity index (χ1v) is 14.5. The normalized spacial score (nSPS) is 23.5. The number of benzene rings is 2.